The number of benzene rings is 1. The second-order valence-corrected chi connectivity index (χ2v) is 4.59. The fourth-order valence-corrected chi connectivity index (χ4v) is 2.03. The maximum atomic E-state index is 11.6. The van der Waals surface area contributed by atoms with Gasteiger partial charge in [-0.25, -0.2) is 4.98 Å². The molecule has 0 unspecified atom stereocenters. The molecule has 1 heterocycles. The van der Waals surface area contributed by atoms with Crippen molar-refractivity contribution in [3.05, 3.63) is 38.9 Å². The van der Waals surface area contributed by atoms with Gasteiger partial charge in [0.2, 0.25) is 0 Å². The molecule has 1 aromatic carbocycles. The van der Waals surface area contributed by atoms with Crippen LogP contribution in [0.1, 0.15) is 19.3 Å². The lowest BCUT2D eigenvalue weighted by molar-refractivity contribution is -0.383. The molecule has 3 N–H and O–H groups in total. The lowest BCUT2D eigenvalue weighted by Gasteiger charge is -2.07. The number of hydrogen-bond donors (Lipinski definition) is 3. The normalized spacial score (nSPS) is 10.7. The average Bonchev–Trinajstić information content (AvgIpc) is 2.46. The molecule has 8 heteroatoms. The molecule has 0 fully saturated rings. The lowest BCUT2D eigenvalue weighted by atomic mass is 10.2. The summed E-state index contributed by atoms with van der Waals surface area (Å²) < 4.78 is 0. The molecule has 8 nitrogen and oxygen atoms in total. The van der Waals surface area contributed by atoms with E-state index in [1.807, 2.05) is 0 Å². The molecule has 21 heavy (non-hydrogen) atoms. The van der Waals surface area contributed by atoms with Gasteiger partial charge in [0.1, 0.15) is 5.69 Å². The quantitative estimate of drug-likeness (QED) is 0.403. The monoisotopic (exact) mass is 292 g/mol. The van der Waals surface area contributed by atoms with Gasteiger partial charge in [-0.15, -0.1) is 0 Å². The molecule has 2 aromatic rings. The highest BCUT2D eigenvalue weighted by Crippen LogP contribution is 2.27. The van der Waals surface area contributed by atoms with Crippen molar-refractivity contribution < 1.29 is 10.0 Å². The number of nitrogens with zero attached hydrogens (tertiary/aromatic N) is 2. The Bertz CT molecular complexity index is 698. The maximum absolute atomic E-state index is 11.6. The summed E-state index contributed by atoms with van der Waals surface area (Å²) in [5, 5.41) is 23.0. The van der Waals surface area contributed by atoms with Crippen molar-refractivity contribution in [2.24, 2.45) is 0 Å². The first kappa shape index (κ1) is 14.9. The summed E-state index contributed by atoms with van der Waals surface area (Å²) in [6.07, 6.45) is 3.60. The Morgan fingerprint density at radius 3 is 2.86 bits per heavy atom. The summed E-state index contributed by atoms with van der Waals surface area (Å²) in [5.74, 6) is 0. The summed E-state index contributed by atoms with van der Waals surface area (Å²) in [6, 6.07) is 2.74. The number of nitro groups is 1. The van der Waals surface area contributed by atoms with Crippen LogP contribution in [0, 0.1) is 10.1 Å². The summed E-state index contributed by atoms with van der Waals surface area (Å²) in [5.41, 5.74) is 0.192. The zero-order valence-corrected chi connectivity index (χ0v) is 11.3. The molecule has 0 spiro atoms. The smallest absolute Gasteiger partial charge is 0.293 e. The number of rotatable bonds is 7. The molecule has 1 aromatic heterocycles. The number of nitrogens with one attached hydrogen (secondary N) is 2. The fourth-order valence-electron chi connectivity index (χ4n) is 2.03. The van der Waals surface area contributed by atoms with Gasteiger partial charge in [0, 0.05) is 19.2 Å². The summed E-state index contributed by atoms with van der Waals surface area (Å²) in [7, 11) is 0. The van der Waals surface area contributed by atoms with E-state index in [0.29, 0.717) is 24.2 Å². The first-order valence-electron chi connectivity index (χ1n) is 6.64. The zero-order chi connectivity index (χ0) is 15.2. The number of aliphatic hydroxyl groups excluding tert-OH is 1. The Labute approximate surface area is 120 Å². The molecule has 0 atom stereocenters. The lowest BCUT2D eigenvalue weighted by Crippen LogP contribution is -2.09. The molecule has 2 rings (SSSR count). The van der Waals surface area contributed by atoms with Crippen molar-refractivity contribution in [2.45, 2.75) is 19.3 Å². The molecule has 0 aliphatic rings. The van der Waals surface area contributed by atoms with Crippen LogP contribution in [-0.4, -0.2) is 33.1 Å². The zero-order valence-electron chi connectivity index (χ0n) is 11.3. The van der Waals surface area contributed by atoms with Gasteiger partial charge in [-0.1, -0.05) is 0 Å². The molecule has 0 radical (unpaired) electrons. The summed E-state index contributed by atoms with van der Waals surface area (Å²) in [4.78, 5) is 28.6. The number of aromatic nitrogens is 2. The topological polar surface area (TPSA) is 121 Å². The standard InChI is InChI=1S/C13H16N4O4/c18-5-3-1-2-4-14-11-7-10-9(6-12(11)17(20)21)13(19)16-8-15-10/h6-8,14,18H,1-5H2,(H,15,16,19). The van der Waals surface area contributed by atoms with E-state index in [4.69, 9.17) is 5.11 Å². The Morgan fingerprint density at radius 1 is 1.33 bits per heavy atom. The van der Waals surface area contributed by atoms with Crippen molar-refractivity contribution in [2.75, 3.05) is 18.5 Å². The number of aliphatic hydroxyl groups is 1. The van der Waals surface area contributed by atoms with E-state index >= 15 is 0 Å². The second kappa shape index (κ2) is 6.80. The third kappa shape index (κ3) is 3.54. The minimum atomic E-state index is -0.526. The first-order valence-corrected chi connectivity index (χ1v) is 6.64. The molecule has 0 aliphatic carbocycles. The number of H-pyrrole nitrogens is 1. The Kier molecular flexibility index (Phi) is 4.83. The van der Waals surface area contributed by atoms with Gasteiger partial charge in [0.05, 0.1) is 22.2 Å². The maximum Gasteiger partial charge on any atom is 0.293 e. The molecular formula is C13H16N4O4. The van der Waals surface area contributed by atoms with Crippen molar-refractivity contribution in [1.82, 2.24) is 9.97 Å². The van der Waals surface area contributed by atoms with Crippen LogP contribution >= 0.6 is 0 Å². The number of nitro benzene ring substituents is 1. The molecular weight excluding hydrogens is 276 g/mol. The largest absolute Gasteiger partial charge is 0.396 e. The van der Waals surface area contributed by atoms with Gasteiger partial charge >= 0.3 is 0 Å². The average molecular weight is 292 g/mol. The van der Waals surface area contributed by atoms with Gasteiger partial charge in [0.25, 0.3) is 11.2 Å². The van der Waals surface area contributed by atoms with Crippen LogP contribution in [0.3, 0.4) is 0 Å². The Morgan fingerprint density at radius 2 is 2.14 bits per heavy atom. The van der Waals surface area contributed by atoms with Gasteiger partial charge < -0.3 is 15.4 Å². The highest BCUT2D eigenvalue weighted by Gasteiger charge is 2.16. The molecule has 0 saturated carbocycles. The molecule has 112 valence electrons. The molecule has 0 aliphatic heterocycles. The predicted octanol–water partition coefficient (Wildman–Crippen LogP) is 1.41. The fraction of sp³-hybridized carbons (Fsp3) is 0.385. The van der Waals surface area contributed by atoms with Crippen molar-refractivity contribution in [3.8, 4) is 0 Å². The second-order valence-electron chi connectivity index (χ2n) is 4.59. The third-order valence-electron chi connectivity index (χ3n) is 3.10. The minimum Gasteiger partial charge on any atom is -0.396 e. The van der Waals surface area contributed by atoms with Crippen molar-refractivity contribution >= 4 is 22.3 Å². The molecule has 0 amide bonds. The number of aromatic amines is 1. The van der Waals surface area contributed by atoms with Crippen LogP contribution in [0.5, 0.6) is 0 Å². The highest BCUT2D eigenvalue weighted by molar-refractivity contribution is 5.86. The van der Waals surface area contributed by atoms with Crippen molar-refractivity contribution in [3.63, 3.8) is 0 Å². The SMILES string of the molecule is O=c1[nH]cnc2cc(NCCCCCO)c([N+](=O)[O-])cc12. The number of anilines is 1. The Hall–Kier alpha value is -2.48. The minimum absolute atomic E-state index is 0.142. The van der Waals surface area contributed by atoms with Crippen LogP contribution in [-0.2, 0) is 0 Å². The van der Waals surface area contributed by atoms with Crippen LogP contribution in [0.25, 0.3) is 10.9 Å². The number of hydrogen-bond acceptors (Lipinski definition) is 6. The van der Waals surface area contributed by atoms with E-state index in [1.54, 1.807) is 0 Å². The van der Waals surface area contributed by atoms with Crippen LogP contribution in [0.15, 0.2) is 23.3 Å². The van der Waals surface area contributed by atoms with E-state index in [-0.39, 0.29) is 17.7 Å². The number of unbranched alkanes of at least 4 members (excludes halogenated alkanes) is 2. The third-order valence-corrected chi connectivity index (χ3v) is 3.10. The first-order chi connectivity index (χ1) is 10.1. The van der Waals surface area contributed by atoms with Crippen molar-refractivity contribution in [1.29, 1.82) is 0 Å². The summed E-state index contributed by atoms with van der Waals surface area (Å²) >= 11 is 0. The predicted molar refractivity (Wildman–Crippen MR) is 78.4 cm³/mol. The van der Waals surface area contributed by atoms with E-state index in [0.717, 1.165) is 12.8 Å². The van der Waals surface area contributed by atoms with E-state index < -0.39 is 10.5 Å². The number of fused-ring (bicyclic) bond motifs is 1. The van der Waals surface area contributed by atoms with Gasteiger partial charge in [-0.3, -0.25) is 14.9 Å². The van der Waals surface area contributed by atoms with Crippen LogP contribution in [0.4, 0.5) is 11.4 Å². The van der Waals surface area contributed by atoms with E-state index in [2.05, 4.69) is 15.3 Å². The Balaban J connectivity index is 2.26. The molecule has 0 bridgehead atoms. The molecule has 0 saturated heterocycles. The van der Waals surface area contributed by atoms with E-state index in [1.165, 1.54) is 18.5 Å². The van der Waals surface area contributed by atoms with E-state index in [9.17, 15) is 14.9 Å². The van der Waals surface area contributed by atoms with Crippen LogP contribution < -0.4 is 10.9 Å². The summed E-state index contributed by atoms with van der Waals surface area (Å²) in [6.45, 7) is 0.693. The van der Waals surface area contributed by atoms with Crippen LogP contribution in [0.2, 0.25) is 0 Å². The van der Waals surface area contributed by atoms with Gasteiger partial charge in [-0.2, -0.15) is 0 Å². The highest BCUT2D eigenvalue weighted by atomic mass is 16.6. The van der Waals surface area contributed by atoms with Gasteiger partial charge in [0.15, 0.2) is 0 Å². The van der Waals surface area contributed by atoms with Gasteiger partial charge in [-0.05, 0) is 25.3 Å².